The Labute approximate surface area is 126 Å². The highest BCUT2D eigenvalue weighted by molar-refractivity contribution is 7.99. The van der Waals surface area contributed by atoms with Gasteiger partial charge in [0.2, 0.25) is 5.91 Å². The predicted molar refractivity (Wildman–Crippen MR) is 76.2 cm³/mol. The molecular weight excluding hydrogens is 300 g/mol. The Morgan fingerprint density at radius 1 is 1.29 bits per heavy atom. The van der Waals surface area contributed by atoms with Gasteiger partial charge in [0.15, 0.2) is 11.6 Å². The van der Waals surface area contributed by atoms with Gasteiger partial charge in [-0.3, -0.25) is 9.59 Å². The van der Waals surface area contributed by atoms with Crippen molar-refractivity contribution >= 4 is 23.6 Å². The molecule has 1 rings (SSSR count). The summed E-state index contributed by atoms with van der Waals surface area (Å²) in [5, 5.41) is 8.74. The molecule has 0 aromatic heterocycles. The van der Waals surface area contributed by atoms with E-state index in [1.807, 2.05) is 6.92 Å². The predicted octanol–water partition coefficient (Wildman–Crippen LogP) is 2.77. The van der Waals surface area contributed by atoms with Crippen molar-refractivity contribution in [2.75, 3.05) is 18.8 Å². The molecule has 0 atom stereocenters. The van der Waals surface area contributed by atoms with Crippen LogP contribution in [0.4, 0.5) is 8.78 Å². The van der Waals surface area contributed by atoms with Crippen LogP contribution in [-0.4, -0.2) is 40.7 Å². The van der Waals surface area contributed by atoms with Gasteiger partial charge in [-0.2, -0.15) is 0 Å². The van der Waals surface area contributed by atoms with Gasteiger partial charge in [0, 0.05) is 23.6 Å². The Balaban J connectivity index is 2.47. The molecule has 21 heavy (non-hydrogen) atoms. The fourth-order valence-electron chi connectivity index (χ4n) is 1.71. The molecule has 0 unspecified atom stereocenters. The molecule has 0 aliphatic rings. The molecule has 1 aromatic carbocycles. The van der Waals surface area contributed by atoms with E-state index in [-0.39, 0.29) is 18.9 Å². The van der Waals surface area contributed by atoms with Gasteiger partial charge < -0.3 is 10.0 Å². The number of hydrogen-bond acceptors (Lipinski definition) is 3. The highest BCUT2D eigenvalue weighted by Crippen LogP contribution is 2.21. The first-order valence-corrected chi connectivity index (χ1v) is 7.50. The summed E-state index contributed by atoms with van der Waals surface area (Å²) in [6.45, 7) is 1.93. The van der Waals surface area contributed by atoms with Crippen molar-refractivity contribution in [2.24, 2.45) is 0 Å². The van der Waals surface area contributed by atoms with Crippen LogP contribution >= 0.6 is 11.8 Å². The van der Waals surface area contributed by atoms with E-state index in [2.05, 4.69) is 0 Å². The lowest BCUT2D eigenvalue weighted by Gasteiger charge is -2.19. The summed E-state index contributed by atoms with van der Waals surface area (Å²) in [4.78, 5) is 24.4. The summed E-state index contributed by atoms with van der Waals surface area (Å²) in [5.74, 6) is -2.76. The summed E-state index contributed by atoms with van der Waals surface area (Å²) in [7, 11) is 0. The minimum Gasteiger partial charge on any atom is -0.480 e. The van der Waals surface area contributed by atoms with E-state index in [0.29, 0.717) is 23.6 Å². The Hall–Kier alpha value is -1.63. The second-order valence-electron chi connectivity index (χ2n) is 4.38. The summed E-state index contributed by atoms with van der Waals surface area (Å²) in [5.41, 5.74) is 0. The van der Waals surface area contributed by atoms with Gasteiger partial charge in [0.05, 0.1) is 0 Å². The van der Waals surface area contributed by atoms with E-state index in [4.69, 9.17) is 5.11 Å². The van der Waals surface area contributed by atoms with Crippen LogP contribution in [0.25, 0.3) is 0 Å². The molecule has 1 amide bonds. The fourth-order valence-corrected chi connectivity index (χ4v) is 2.57. The lowest BCUT2D eigenvalue weighted by atomic mass is 10.3. The molecule has 0 heterocycles. The first-order chi connectivity index (χ1) is 9.93. The number of carbonyl (C=O) groups is 2. The molecule has 0 bridgehead atoms. The topological polar surface area (TPSA) is 57.6 Å². The minimum absolute atomic E-state index is 0.150. The average molecular weight is 317 g/mol. The molecule has 4 nitrogen and oxygen atoms in total. The maximum atomic E-state index is 13.0. The lowest BCUT2D eigenvalue weighted by Crippen LogP contribution is -2.36. The van der Waals surface area contributed by atoms with Crippen molar-refractivity contribution in [1.82, 2.24) is 4.90 Å². The van der Waals surface area contributed by atoms with Crippen molar-refractivity contribution < 1.29 is 23.5 Å². The lowest BCUT2D eigenvalue weighted by molar-refractivity contribution is -0.144. The van der Waals surface area contributed by atoms with Crippen LogP contribution in [0.2, 0.25) is 0 Å². The molecule has 1 aromatic rings. The number of carboxylic acid groups (broad SMARTS) is 1. The van der Waals surface area contributed by atoms with Crippen LogP contribution in [-0.2, 0) is 9.59 Å². The van der Waals surface area contributed by atoms with E-state index in [0.717, 1.165) is 12.1 Å². The summed E-state index contributed by atoms with van der Waals surface area (Å²) >= 11 is 1.22. The van der Waals surface area contributed by atoms with E-state index in [9.17, 15) is 18.4 Å². The van der Waals surface area contributed by atoms with Crippen molar-refractivity contribution in [3.05, 3.63) is 29.8 Å². The molecule has 0 radical (unpaired) electrons. The van der Waals surface area contributed by atoms with Gasteiger partial charge in [-0.25, -0.2) is 8.78 Å². The minimum atomic E-state index is -1.05. The zero-order chi connectivity index (χ0) is 15.8. The number of halogens is 2. The Bertz CT molecular complexity index is 511. The van der Waals surface area contributed by atoms with Gasteiger partial charge in [0.25, 0.3) is 0 Å². The monoisotopic (exact) mass is 317 g/mol. The number of rotatable bonds is 8. The molecule has 1 N–H and O–H groups in total. The van der Waals surface area contributed by atoms with Gasteiger partial charge >= 0.3 is 5.97 Å². The Morgan fingerprint density at radius 2 is 2.00 bits per heavy atom. The maximum absolute atomic E-state index is 13.0. The molecular formula is C14H17F2NO3S. The van der Waals surface area contributed by atoms with Crippen molar-refractivity contribution in [1.29, 1.82) is 0 Å². The molecule has 7 heteroatoms. The van der Waals surface area contributed by atoms with Crippen LogP contribution in [0.3, 0.4) is 0 Å². The van der Waals surface area contributed by atoms with Crippen molar-refractivity contribution in [2.45, 2.75) is 24.7 Å². The zero-order valence-corrected chi connectivity index (χ0v) is 12.5. The third kappa shape index (κ3) is 6.12. The van der Waals surface area contributed by atoms with Gasteiger partial charge in [0.1, 0.15) is 6.54 Å². The smallest absolute Gasteiger partial charge is 0.323 e. The van der Waals surface area contributed by atoms with Crippen LogP contribution in [0.5, 0.6) is 0 Å². The van der Waals surface area contributed by atoms with E-state index in [1.54, 1.807) is 0 Å². The highest BCUT2D eigenvalue weighted by Gasteiger charge is 2.15. The van der Waals surface area contributed by atoms with Gasteiger partial charge in [-0.15, -0.1) is 11.8 Å². The van der Waals surface area contributed by atoms with E-state index in [1.165, 1.54) is 22.7 Å². The highest BCUT2D eigenvalue weighted by atomic mass is 32.2. The SMILES string of the molecule is CCCN(CC(=O)O)C(=O)CCSc1ccc(F)c(F)c1. The van der Waals surface area contributed by atoms with Gasteiger partial charge in [-0.1, -0.05) is 6.92 Å². The summed E-state index contributed by atoms with van der Waals surface area (Å²) in [6, 6.07) is 3.55. The summed E-state index contributed by atoms with van der Waals surface area (Å²) < 4.78 is 25.8. The number of carbonyl (C=O) groups excluding carboxylic acids is 1. The molecule has 0 aliphatic heterocycles. The molecule has 0 fully saturated rings. The van der Waals surface area contributed by atoms with Crippen LogP contribution in [0.15, 0.2) is 23.1 Å². The standard InChI is InChI=1S/C14H17F2NO3S/c1-2-6-17(9-14(19)20)13(18)5-7-21-10-3-4-11(15)12(16)8-10/h3-4,8H,2,5-7,9H2,1H3,(H,19,20). The van der Waals surface area contributed by atoms with Crippen LogP contribution in [0, 0.1) is 11.6 Å². The zero-order valence-electron chi connectivity index (χ0n) is 11.6. The third-order valence-electron chi connectivity index (χ3n) is 2.65. The number of amides is 1. The molecule has 0 saturated heterocycles. The molecule has 0 saturated carbocycles. The number of benzene rings is 1. The van der Waals surface area contributed by atoms with Gasteiger partial charge in [-0.05, 0) is 24.6 Å². The van der Waals surface area contributed by atoms with Crippen molar-refractivity contribution in [3.63, 3.8) is 0 Å². The number of aliphatic carboxylic acids is 1. The van der Waals surface area contributed by atoms with Crippen LogP contribution < -0.4 is 0 Å². The normalized spacial score (nSPS) is 10.4. The second-order valence-corrected chi connectivity index (χ2v) is 5.55. The average Bonchev–Trinajstić information content (AvgIpc) is 2.41. The number of carboxylic acids is 1. The Morgan fingerprint density at radius 3 is 2.57 bits per heavy atom. The Kier molecular flexibility index (Phi) is 7.14. The largest absolute Gasteiger partial charge is 0.480 e. The molecule has 0 aliphatic carbocycles. The quantitative estimate of drug-likeness (QED) is 0.749. The maximum Gasteiger partial charge on any atom is 0.323 e. The number of thioether (sulfide) groups is 1. The second kappa shape index (κ2) is 8.61. The molecule has 0 spiro atoms. The molecule has 116 valence electrons. The van der Waals surface area contributed by atoms with E-state index < -0.39 is 17.6 Å². The number of nitrogens with zero attached hydrogens (tertiary/aromatic N) is 1. The first kappa shape index (κ1) is 17.4. The van der Waals surface area contributed by atoms with Crippen molar-refractivity contribution in [3.8, 4) is 0 Å². The third-order valence-corrected chi connectivity index (χ3v) is 3.64. The van der Waals surface area contributed by atoms with Crippen LogP contribution in [0.1, 0.15) is 19.8 Å². The number of hydrogen-bond donors (Lipinski definition) is 1. The fraction of sp³-hybridized carbons (Fsp3) is 0.429. The summed E-state index contributed by atoms with van der Waals surface area (Å²) in [6.07, 6.45) is 0.826. The van der Waals surface area contributed by atoms with E-state index >= 15 is 0 Å². The first-order valence-electron chi connectivity index (χ1n) is 6.51.